The molecule has 0 saturated carbocycles. The summed E-state index contributed by atoms with van der Waals surface area (Å²) in [6.07, 6.45) is 0.152. The lowest BCUT2D eigenvalue weighted by Gasteiger charge is -2.17. The largest absolute Gasteiger partial charge is 0.497 e. The number of hydrogen-bond donors (Lipinski definition) is 1. The monoisotopic (exact) mass is 310 g/mol. The van der Waals surface area contributed by atoms with E-state index in [1.54, 1.807) is 31.4 Å². The summed E-state index contributed by atoms with van der Waals surface area (Å²) < 4.78 is 5.10. The number of nitrogens with zero attached hydrogens (tertiary/aromatic N) is 1. The van der Waals surface area contributed by atoms with Crippen LogP contribution in [0.1, 0.15) is 12.0 Å². The standard InChI is InChI=1S/C18H18N2O3/c1-12-5-3-4-6-15(12)19-16-11-17(21)20(18(16)22)13-7-9-14(23-2)10-8-13/h3-10,16,19H,11H2,1-2H3/t16-/m1/s1. The van der Waals surface area contributed by atoms with Crippen LogP contribution in [0.2, 0.25) is 0 Å². The van der Waals surface area contributed by atoms with Crippen molar-refractivity contribution >= 4 is 23.2 Å². The van der Waals surface area contributed by atoms with Gasteiger partial charge in [-0.2, -0.15) is 0 Å². The molecule has 1 atom stereocenters. The summed E-state index contributed by atoms with van der Waals surface area (Å²) in [7, 11) is 1.57. The van der Waals surface area contributed by atoms with Gasteiger partial charge in [-0.3, -0.25) is 9.59 Å². The Morgan fingerprint density at radius 2 is 1.78 bits per heavy atom. The maximum absolute atomic E-state index is 12.6. The van der Waals surface area contributed by atoms with Gasteiger partial charge in [-0.05, 0) is 42.8 Å². The van der Waals surface area contributed by atoms with E-state index in [1.807, 2.05) is 31.2 Å². The van der Waals surface area contributed by atoms with Crippen molar-refractivity contribution in [2.24, 2.45) is 0 Å². The molecule has 0 aliphatic carbocycles. The van der Waals surface area contributed by atoms with Gasteiger partial charge in [-0.15, -0.1) is 0 Å². The second-order valence-electron chi connectivity index (χ2n) is 5.48. The minimum Gasteiger partial charge on any atom is -0.497 e. The molecule has 1 aliphatic heterocycles. The lowest BCUT2D eigenvalue weighted by Crippen LogP contribution is -2.34. The summed E-state index contributed by atoms with van der Waals surface area (Å²) in [5.41, 5.74) is 2.47. The predicted octanol–water partition coefficient (Wildman–Crippen LogP) is 2.75. The number of benzene rings is 2. The fourth-order valence-electron chi connectivity index (χ4n) is 2.67. The fourth-order valence-corrected chi connectivity index (χ4v) is 2.67. The zero-order chi connectivity index (χ0) is 16.4. The Morgan fingerprint density at radius 3 is 2.43 bits per heavy atom. The molecule has 1 fully saturated rings. The molecule has 2 aromatic rings. The molecule has 0 unspecified atom stereocenters. The van der Waals surface area contributed by atoms with Crippen molar-refractivity contribution < 1.29 is 14.3 Å². The van der Waals surface area contributed by atoms with E-state index in [1.165, 1.54) is 4.90 Å². The Bertz CT molecular complexity index is 740. The molecule has 0 aromatic heterocycles. The summed E-state index contributed by atoms with van der Waals surface area (Å²) in [5, 5.41) is 3.17. The smallest absolute Gasteiger partial charge is 0.256 e. The minimum atomic E-state index is -0.536. The summed E-state index contributed by atoms with van der Waals surface area (Å²) in [5.74, 6) is 0.247. The van der Waals surface area contributed by atoms with Crippen LogP contribution < -0.4 is 15.0 Å². The van der Waals surface area contributed by atoms with E-state index in [4.69, 9.17) is 4.74 Å². The lowest BCUT2D eigenvalue weighted by molar-refractivity contribution is -0.121. The molecule has 2 aromatic carbocycles. The van der Waals surface area contributed by atoms with Gasteiger partial charge in [-0.25, -0.2) is 4.90 Å². The minimum absolute atomic E-state index is 0.152. The summed E-state index contributed by atoms with van der Waals surface area (Å²) in [6, 6.07) is 14.1. The molecule has 118 valence electrons. The molecule has 2 amide bonds. The number of aryl methyl sites for hydroxylation is 1. The van der Waals surface area contributed by atoms with E-state index < -0.39 is 6.04 Å². The van der Waals surface area contributed by atoms with Crippen LogP contribution in [0.5, 0.6) is 5.75 Å². The van der Waals surface area contributed by atoms with Crippen LogP contribution >= 0.6 is 0 Å². The predicted molar refractivity (Wildman–Crippen MR) is 88.7 cm³/mol. The highest BCUT2D eigenvalue weighted by molar-refractivity contribution is 6.23. The molecule has 5 nitrogen and oxygen atoms in total. The highest BCUT2D eigenvalue weighted by Crippen LogP contribution is 2.27. The molecular formula is C18H18N2O3. The number of ether oxygens (including phenoxy) is 1. The average Bonchev–Trinajstić information content (AvgIpc) is 2.84. The number of nitrogens with one attached hydrogen (secondary N) is 1. The molecule has 0 bridgehead atoms. The highest BCUT2D eigenvalue weighted by atomic mass is 16.5. The Kier molecular flexibility index (Phi) is 4.02. The molecule has 1 heterocycles. The van der Waals surface area contributed by atoms with E-state index in [0.29, 0.717) is 11.4 Å². The zero-order valence-electron chi connectivity index (χ0n) is 13.1. The van der Waals surface area contributed by atoms with Crippen molar-refractivity contribution in [1.29, 1.82) is 0 Å². The van der Waals surface area contributed by atoms with E-state index in [0.717, 1.165) is 11.3 Å². The topological polar surface area (TPSA) is 58.6 Å². The maximum Gasteiger partial charge on any atom is 0.256 e. The zero-order valence-corrected chi connectivity index (χ0v) is 13.1. The van der Waals surface area contributed by atoms with Crippen molar-refractivity contribution in [3.63, 3.8) is 0 Å². The van der Waals surface area contributed by atoms with Crippen LogP contribution in [0.3, 0.4) is 0 Å². The van der Waals surface area contributed by atoms with Crippen molar-refractivity contribution in [2.45, 2.75) is 19.4 Å². The number of amides is 2. The number of anilines is 2. The first-order valence-electron chi connectivity index (χ1n) is 7.43. The molecule has 0 spiro atoms. The average molecular weight is 310 g/mol. The maximum atomic E-state index is 12.6. The number of rotatable bonds is 4. The number of imide groups is 1. The Balaban J connectivity index is 1.80. The SMILES string of the molecule is COc1ccc(N2C(=O)C[C@@H](Nc3ccccc3C)C2=O)cc1. The van der Waals surface area contributed by atoms with Crippen LogP contribution in [0.15, 0.2) is 48.5 Å². The molecule has 1 N–H and O–H groups in total. The number of hydrogen-bond acceptors (Lipinski definition) is 4. The third kappa shape index (κ3) is 2.90. The molecular weight excluding hydrogens is 292 g/mol. The third-order valence-electron chi connectivity index (χ3n) is 3.95. The molecule has 0 radical (unpaired) electrons. The fraction of sp³-hybridized carbons (Fsp3) is 0.222. The number of carbonyl (C=O) groups excluding carboxylic acids is 2. The number of para-hydroxylation sites is 1. The summed E-state index contributed by atoms with van der Waals surface area (Å²) in [4.78, 5) is 26.1. The van der Waals surface area contributed by atoms with Gasteiger partial charge in [0, 0.05) is 5.69 Å². The number of carbonyl (C=O) groups is 2. The van der Waals surface area contributed by atoms with Gasteiger partial charge < -0.3 is 10.1 Å². The van der Waals surface area contributed by atoms with Crippen LogP contribution in [0, 0.1) is 6.92 Å². The van der Waals surface area contributed by atoms with Crippen LogP contribution in [0.25, 0.3) is 0 Å². The quantitative estimate of drug-likeness (QED) is 0.882. The van der Waals surface area contributed by atoms with E-state index in [-0.39, 0.29) is 18.2 Å². The van der Waals surface area contributed by atoms with Gasteiger partial charge in [0.15, 0.2) is 0 Å². The van der Waals surface area contributed by atoms with Crippen molar-refractivity contribution in [2.75, 3.05) is 17.3 Å². The Morgan fingerprint density at radius 1 is 1.09 bits per heavy atom. The Labute approximate surface area is 134 Å². The molecule has 3 rings (SSSR count). The first kappa shape index (κ1) is 15.1. The first-order chi connectivity index (χ1) is 11.1. The van der Waals surface area contributed by atoms with E-state index in [9.17, 15) is 9.59 Å². The second kappa shape index (κ2) is 6.12. The first-order valence-corrected chi connectivity index (χ1v) is 7.43. The van der Waals surface area contributed by atoms with Crippen LogP contribution in [0.4, 0.5) is 11.4 Å². The van der Waals surface area contributed by atoms with Gasteiger partial charge in [0.25, 0.3) is 5.91 Å². The molecule has 23 heavy (non-hydrogen) atoms. The van der Waals surface area contributed by atoms with Crippen molar-refractivity contribution in [3.8, 4) is 5.75 Å². The normalized spacial score (nSPS) is 17.5. The van der Waals surface area contributed by atoms with Gasteiger partial charge in [0.1, 0.15) is 11.8 Å². The Hall–Kier alpha value is -2.82. The van der Waals surface area contributed by atoms with Gasteiger partial charge in [-0.1, -0.05) is 18.2 Å². The highest BCUT2D eigenvalue weighted by Gasteiger charge is 2.39. The van der Waals surface area contributed by atoms with Crippen LogP contribution in [-0.4, -0.2) is 25.0 Å². The van der Waals surface area contributed by atoms with Crippen LogP contribution in [-0.2, 0) is 9.59 Å². The molecule has 1 aliphatic rings. The van der Waals surface area contributed by atoms with Crippen molar-refractivity contribution in [3.05, 3.63) is 54.1 Å². The van der Waals surface area contributed by atoms with Gasteiger partial charge in [0.05, 0.1) is 19.2 Å². The lowest BCUT2D eigenvalue weighted by atomic mass is 10.1. The summed E-state index contributed by atoms with van der Waals surface area (Å²) in [6.45, 7) is 1.96. The summed E-state index contributed by atoms with van der Waals surface area (Å²) >= 11 is 0. The molecule has 1 saturated heterocycles. The third-order valence-corrected chi connectivity index (χ3v) is 3.95. The van der Waals surface area contributed by atoms with Crippen molar-refractivity contribution in [1.82, 2.24) is 0 Å². The van der Waals surface area contributed by atoms with E-state index >= 15 is 0 Å². The second-order valence-corrected chi connectivity index (χ2v) is 5.48. The van der Waals surface area contributed by atoms with Gasteiger partial charge in [0.2, 0.25) is 5.91 Å². The van der Waals surface area contributed by atoms with E-state index in [2.05, 4.69) is 5.32 Å². The molecule has 5 heteroatoms. The number of methoxy groups -OCH3 is 1. The van der Waals surface area contributed by atoms with Gasteiger partial charge >= 0.3 is 0 Å².